The first-order chi connectivity index (χ1) is 15.3. The highest BCUT2D eigenvalue weighted by Crippen LogP contribution is 2.43. The third kappa shape index (κ3) is 4.77. The van der Waals surface area contributed by atoms with Gasteiger partial charge >= 0.3 is 6.09 Å². The third-order valence-electron chi connectivity index (χ3n) is 6.31. The maximum Gasteiger partial charge on any atom is 0.410 e. The number of amides is 1. The number of carbonyl (C=O) groups excluding carboxylic acids is 1. The molecular formula is C27H35FN2O2. The number of hydrogen-bond acceptors (Lipinski definition) is 3. The van der Waals surface area contributed by atoms with Gasteiger partial charge in [-0.05, 0) is 87.3 Å². The van der Waals surface area contributed by atoms with Crippen molar-refractivity contribution in [3.8, 4) is 11.1 Å². The van der Waals surface area contributed by atoms with Gasteiger partial charge in [-0.15, -0.1) is 0 Å². The van der Waals surface area contributed by atoms with Crippen molar-refractivity contribution in [2.75, 3.05) is 31.1 Å². The zero-order valence-corrected chi connectivity index (χ0v) is 19.8. The van der Waals surface area contributed by atoms with Gasteiger partial charge in [0.05, 0.1) is 0 Å². The van der Waals surface area contributed by atoms with Crippen LogP contribution in [0.2, 0.25) is 0 Å². The molecule has 0 aromatic heterocycles. The quantitative estimate of drug-likeness (QED) is 0.590. The molecule has 0 spiro atoms. The number of benzene rings is 2. The molecule has 4 rings (SSSR count). The molecule has 0 saturated carbocycles. The summed E-state index contributed by atoms with van der Waals surface area (Å²) in [6.07, 6.45) is 4.53. The molecule has 32 heavy (non-hydrogen) atoms. The van der Waals surface area contributed by atoms with Crippen LogP contribution in [0.4, 0.5) is 14.9 Å². The van der Waals surface area contributed by atoms with Crippen molar-refractivity contribution in [1.29, 1.82) is 0 Å². The monoisotopic (exact) mass is 438 g/mol. The van der Waals surface area contributed by atoms with E-state index in [2.05, 4.69) is 17.9 Å². The van der Waals surface area contributed by atoms with E-state index in [1.165, 1.54) is 28.4 Å². The van der Waals surface area contributed by atoms with Gasteiger partial charge in [-0.3, -0.25) is 0 Å². The first-order valence-corrected chi connectivity index (χ1v) is 11.9. The van der Waals surface area contributed by atoms with Crippen molar-refractivity contribution in [3.05, 3.63) is 52.8 Å². The van der Waals surface area contributed by atoms with Gasteiger partial charge in [0.15, 0.2) is 0 Å². The molecule has 0 radical (unpaired) electrons. The van der Waals surface area contributed by atoms with E-state index in [9.17, 15) is 9.18 Å². The van der Waals surface area contributed by atoms with Crippen molar-refractivity contribution in [3.63, 3.8) is 0 Å². The highest BCUT2D eigenvalue weighted by Gasteiger charge is 2.29. The predicted octanol–water partition coefficient (Wildman–Crippen LogP) is 5.99. The van der Waals surface area contributed by atoms with E-state index in [0.29, 0.717) is 13.1 Å². The van der Waals surface area contributed by atoms with Crippen LogP contribution in [-0.2, 0) is 24.0 Å². The summed E-state index contributed by atoms with van der Waals surface area (Å²) < 4.78 is 19.9. The standard InChI is InChI=1S/C27H35FN2O2/c1-5-13-29-14-7-9-21-17-19-11-15-30(26(31)32-27(2,3)4)16-12-23(19)24(25(21)29)20-8-6-10-22(28)18-20/h6,8,10,17-18H,5,7,9,11-16H2,1-4H3. The number of ether oxygens (including phenoxy) is 1. The fraction of sp³-hybridized carbons (Fsp3) is 0.519. The summed E-state index contributed by atoms with van der Waals surface area (Å²) in [5.41, 5.74) is 6.75. The van der Waals surface area contributed by atoms with Gasteiger partial charge in [0.1, 0.15) is 11.4 Å². The molecule has 2 aromatic rings. The topological polar surface area (TPSA) is 32.8 Å². The Labute approximate surface area is 191 Å². The summed E-state index contributed by atoms with van der Waals surface area (Å²) in [5, 5.41) is 0. The number of nitrogens with zero attached hydrogens (tertiary/aromatic N) is 2. The zero-order valence-electron chi connectivity index (χ0n) is 19.8. The molecule has 0 atom stereocenters. The van der Waals surface area contributed by atoms with Crippen LogP contribution < -0.4 is 4.90 Å². The summed E-state index contributed by atoms with van der Waals surface area (Å²) in [6.45, 7) is 11.2. The van der Waals surface area contributed by atoms with Crippen molar-refractivity contribution < 1.29 is 13.9 Å². The second-order valence-corrected chi connectivity index (χ2v) is 9.97. The zero-order chi connectivity index (χ0) is 22.9. The predicted molar refractivity (Wildman–Crippen MR) is 128 cm³/mol. The van der Waals surface area contributed by atoms with Crippen molar-refractivity contribution in [2.24, 2.45) is 0 Å². The lowest BCUT2D eigenvalue weighted by Crippen LogP contribution is -2.38. The molecule has 2 aliphatic heterocycles. The summed E-state index contributed by atoms with van der Waals surface area (Å²) in [6, 6.07) is 9.34. The molecule has 0 aliphatic carbocycles. The second kappa shape index (κ2) is 9.13. The van der Waals surface area contributed by atoms with E-state index >= 15 is 0 Å². The Balaban J connectivity index is 1.79. The molecule has 172 valence electrons. The molecule has 0 fully saturated rings. The van der Waals surface area contributed by atoms with E-state index in [1.807, 2.05) is 31.7 Å². The molecule has 5 heteroatoms. The molecule has 0 N–H and O–H groups in total. The molecule has 0 bridgehead atoms. The Kier molecular flexibility index (Phi) is 6.45. The average Bonchev–Trinajstić information content (AvgIpc) is 2.94. The maximum absolute atomic E-state index is 14.3. The highest BCUT2D eigenvalue weighted by molar-refractivity contribution is 5.86. The van der Waals surface area contributed by atoms with Crippen LogP contribution in [0.3, 0.4) is 0 Å². The minimum absolute atomic E-state index is 0.212. The lowest BCUT2D eigenvalue weighted by molar-refractivity contribution is 0.0258. The minimum Gasteiger partial charge on any atom is -0.444 e. The van der Waals surface area contributed by atoms with Gasteiger partial charge in [-0.1, -0.05) is 25.1 Å². The molecule has 0 unspecified atom stereocenters. The van der Waals surface area contributed by atoms with Gasteiger partial charge in [0.2, 0.25) is 0 Å². The van der Waals surface area contributed by atoms with E-state index in [4.69, 9.17) is 4.74 Å². The van der Waals surface area contributed by atoms with Crippen molar-refractivity contribution in [1.82, 2.24) is 4.90 Å². The third-order valence-corrected chi connectivity index (χ3v) is 6.31. The molecule has 2 aliphatic rings. The average molecular weight is 439 g/mol. The van der Waals surface area contributed by atoms with Crippen LogP contribution >= 0.6 is 0 Å². The van der Waals surface area contributed by atoms with E-state index in [1.54, 1.807) is 12.1 Å². The number of carbonyl (C=O) groups is 1. The smallest absolute Gasteiger partial charge is 0.410 e. The Morgan fingerprint density at radius 2 is 1.84 bits per heavy atom. The second-order valence-electron chi connectivity index (χ2n) is 9.97. The van der Waals surface area contributed by atoms with Crippen molar-refractivity contribution in [2.45, 2.75) is 65.4 Å². The largest absolute Gasteiger partial charge is 0.444 e. The van der Waals surface area contributed by atoms with E-state index in [0.717, 1.165) is 56.3 Å². The van der Waals surface area contributed by atoms with Gasteiger partial charge in [-0.25, -0.2) is 9.18 Å². The summed E-state index contributed by atoms with van der Waals surface area (Å²) in [4.78, 5) is 17.1. The fourth-order valence-electron chi connectivity index (χ4n) is 5.03. The first-order valence-electron chi connectivity index (χ1n) is 11.9. The molecule has 0 saturated heterocycles. The molecule has 1 amide bonds. The lowest BCUT2D eigenvalue weighted by atomic mass is 9.85. The number of halogens is 1. The van der Waals surface area contributed by atoms with Crippen LogP contribution in [0.5, 0.6) is 0 Å². The number of aryl methyl sites for hydroxylation is 1. The molecule has 4 nitrogen and oxygen atoms in total. The van der Waals surface area contributed by atoms with Crippen LogP contribution in [0, 0.1) is 5.82 Å². The lowest BCUT2D eigenvalue weighted by Gasteiger charge is -2.35. The van der Waals surface area contributed by atoms with Crippen LogP contribution in [-0.4, -0.2) is 42.8 Å². The van der Waals surface area contributed by atoms with Crippen molar-refractivity contribution >= 4 is 11.8 Å². The number of fused-ring (bicyclic) bond motifs is 2. The van der Waals surface area contributed by atoms with Gasteiger partial charge < -0.3 is 14.5 Å². The fourth-order valence-corrected chi connectivity index (χ4v) is 5.03. The van der Waals surface area contributed by atoms with Crippen LogP contribution in [0.1, 0.15) is 57.2 Å². The molecule has 2 heterocycles. The van der Waals surface area contributed by atoms with Gasteiger partial charge in [-0.2, -0.15) is 0 Å². The van der Waals surface area contributed by atoms with E-state index < -0.39 is 5.60 Å². The Morgan fingerprint density at radius 1 is 1.06 bits per heavy atom. The van der Waals surface area contributed by atoms with Gasteiger partial charge in [0.25, 0.3) is 0 Å². The van der Waals surface area contributed by atoms with Crippen LogP contribution in [0.15, 0.2) is 30.3 Å². The molecule has 2 aromatic carbocycles. The van der Waals surface area contributed by atoms with Gasteiger partial charge in [0, 0.05) is 37.4 Å². The SMILES string of the molecule is CCCN1CCCc2cc3c(c(-c4cccc(F)c4)c21)CCN(C(=O)OC(C)(C)C)CC3. The molecular weight excluding hydrogens is 403 g/mol. The summed E-state index contributed by atoms with van der Waals surface area (Å²) >= 11 is 0. The highest BCUT2D eigenvalue weighted by atomic mass is 19.1. The number of rotatable bonds is 3. The number of hydrogen-bond donors (Lipinski definition) is 0. The van der Waals surface area contributed by atoms with Crippen LogP contribution in [0.25, 0.3) is 11.1 Å². The first kappa shape index (κ1) is 22.6. The Morgan fingerprint density at radius 3 is 2.56 bits per heavy atom. The number of anilines is 1. The van der Waals surface area contributed by atoms with E-state index in [-0.39, 0.29) is 11.9 Å². The normalized spacial score (nSPS) is 16.3. The Bertz CT molecular complexity index is 996. The summed E-state index contributed by atoms with van der Waals surface area (Å²) in [7, 11) is 0. The maximum atomic E-state index is 14.3. The minimum atomic E-state index is -0.511. The summed E-state index contributed by atoms with van der Waals surface area (Å²) in [5.74, 6) is -0.212. The Hall–Kier alpha value is -2.56.